The molecule has 3 aromatic rings. The van der Waals surface area contributed by atoms with Gasteiger partial charge in [0.2, 0.25) is 0 Å². The van der Waals surface area contributed by atoms with Gasteiger partial charge in [0.1, 0.15) is 5.75 Å². The van der Waals surface area contributed by atoms with Crippen LogP contribution < -0.4 is 10.5 Å². The predicted octanol–water partition coefficient (Wildman–Crippen LogP) is 3.31. The molecule has 10 heteroatoms. The average molecular weight is 405 g/mol. The van der Waals surface area contributed by atoms with Gasteiger partial charge in [0.25, 0.3) is 5.91 Å². The fourth-order valence-corrected chi connectivity index (χ4v) is 2.99. The number of amides is 1. The van der Waals surface area contributed by atoms with E-state index in [1.54, 1.807) is 20.9 Å². The summed E-state index contributed by atoms with van der Waals surface area (Å²) in [6.07, 6.45) is -1.84. The fraction of sp³-hybridized carbons (Fsp3) is 0.263. The molecule has 0 aliphatic rings. The molecule has 0 bridgehead atoms. The van der Waals surface area contributed by atoms with Crippen LogP contribution in [0.1, 0.15) is 35.6 Å². The molecular weight excluding hydrogens is 387 g/mol. The van der Waals surface area contributed by atoms with Crippen molar-refractivity contribution in [3.05, 3.63) is 59.7 Å². The summed E-state index contributed by atoms with van der Waals surface area (Å²) in [4.78, 5) is 15.4. The van der Waals surface area contributed by atoms with Gasteiger partial charge in [-0.3, -0.25) is 9.78 Å². The highest BCUT2D eigenvalue weighted by molar-refractivity contribution is 5.95. The van der Waals surface area contributed by atoms with Gasteiger partial charge < -0.3 is 15.0 Å². The fourth-order valence-electron chi connectivity index (χ4n) is 2.99. The number of carbonyl (C=O) groups excluding carboxylic acids is 1. The third kappa shape index (κ3) is 3.91. The topological polar surface area (TPSA) is 95.9 Å². The minimum Gasteiger partial charge on any atom is -0.479 e. The number of pyridine rings is 1. The van der Waals surface area contributed by atoms with Gasteiger partial charge in [-0.1, -0.05) is 18.2 Å². The molecule has 0 radical (unpaired) electrons. The average Bonchev–Trinajstić information content (AvgIpc) is 3.03. The summed E-state index contributed by atoms with van der Waals surface area (Å²) in [6, 6.07) is 6.60. The molecule has 29 heavy (non-hydrogen) atoms. The van der Waals surface area contributed by atoms with Crippen LogP contribution in [-0.2, 0) is 18.8 Å². The number of carbonyl (C=O) groups is 1. The molecule has 0 saturated carbocycles. The van der Waals surface area contributed by atoms with Crippen molar-refractivity contribution in [2.45, 2.75) is 25.6 Å². The van der Waals surface area contributed by atoms with Gasteiger partial charge in [-0.05, 0) is 26.0 Å². The van der Waals surface area contributed by atoms with Crippen LogP contribution in [0.15, 0.2) is 42.7 Å². The number of aromatic nitrogens is 4. The summed E-state index contributed by atoms with van der Waals surface area (Å²) in [6.45, 7) is 3.31. The number of halogens is 3. The number of hydrogen-bond donors (Lipinski definition) is 1. The number of nitrogens with two attached hydrogens (primary N) is 1. The van der Waals surface area contributed by atoms with Gasteiger partial charge in [0.15, 0.2) is 17.2 Å². The van der Waals surface area contributed by atoms with Crippen molar-refractivity contribution in [1.82, 2.24) is 19.7 Å². The van der Waals surface area contributed by atoms with Crippen LogP contribution in [0.5, 0.6) is 5.75 Å². The minimum absolute atomic E-state index is 0.0365. The molecule has 0 spiro atoms. The number of ether oxygens (including phenoxy) is 1. The molecule has 3 rings (SSSR count). The second-order valence-corrected chi connectivity index (χ2v) is 6.80. The lowest BCUT2D eigenvalue weighted by Crippen LogP contribution is -2.30. The molecule has 1 amide bonds. The van der Waals surface area contributed by atoms with Gasteiger partial charge >= 0.3 is 6.18 Å². The Hall–Kier alpha value is -3.43. The number of nitrogens with zero attached hydrogens (tertiary/aromatic N) is 4. The predicted molar refractivity (Wildman–Crippen MR) is 97.8 cm³/mol. The quantitative estimate of drug-likeness (QED) is 0.703. The molecule has 0 fully saturated rings. The number of primary amides is 1. The monoisotopic (exact) mass is 405 g/mol. The van der Waals surface area contributed by atoms with E-state index < -0.39 is 23.2 Å². The number of hydrogen-bond acceptors (Lipinski definition) is 5. The van der Waals surface area contributed by atoms with Crippen molar-refractivity contribution in [1.29, 1.82) is 0 Å². The Balaban J connectivity index is 2.03. The van der Waals surface area contributed by atoms with E-state index in [0.29, 0.717) is 0 Å². The maximum absolute atomic E-state index is 13.4. The summed E-state index contributed by atoms with van der Waals surface area (Å²) in [7, 11) is 1.55. The van der Waals surface area contributed by atoms with Crippen molar-refractivity contribution in [3.8, 4) is 17.1 Å². The van der Waals surface area contributed by atoms with Gasteiger partial charge in [0, 0.05) is 25.0 Å². The summed E-state index contributed by atoms with van der Waals surface area (Å²) in [5.41, 5.74) is 3.36. The molecule has 0 aliphatic heterocycles. The summed E-state index contributed by atoms with van der Waals surface area (Å²) >= 11 is 0. The van der Waals surface area contributed by atoms with Crippen molar-refractivity contribution < 1.29 is 22.7 Å². The molecule has 1 aromatic carbocycles. The lowest BCUT2D eigenvalue weighted by atomic mass is 10.1. The van der Waals surface area contributed by atoms with E-state index in [2.05, 4.69) is 15.2 Å². The van der Waals surface area contributed by atoms with Crippen molar-refractivity contribution in [2.75, 3.05) is 0 Å². The van der Waals surface area contributed by atoms with Crippen molar-refractivity contribution >= 4 is 5.91 Å². The molecule has 0 unspecified atom stereocenters. The number of rotatable bonds is 5. The first kappa shape index (κ1) is 20.3. The molecule has 0 saturated heterocycles. The molecule has 7 nitrogen and oxygen atoms in total. The van der Waals surface area contributed by atoms with Gasteiger partial charge in [0.05, 0.1) is 11.1 Å². The zero-order valence-corrected chi connectivity index (χ0v) is 15.9. The maximum Gasteiger partial charge on any atom is 0.417 e. The number of benzene rings is 1. The normalized spacial score (nSPS) is 12.1. The second kappa shape index (κ2) is 7.19. The van der Waals surface area contributed by atoms with Crippen molar-refractivity contribution in [3.63, 3.8) is 0 Å². The molecule has 2 heterocycles. The molecular formula is C19H18F3N5O2. The maximum atomic E-state index is 13.4. The Bertz CT molecular complexity index is 1060. The van der Waals surface area contributed by atoms with E-state index in [-0.39, 0.29) is 28.5 Å². The molecule has 0 atom stereocenters. The van der Waals surface area contributed by atoms with E-state index in [1.807, 2.05) is 0 Å². The first-order valence-electron chi connectivity index (χ1n) is 8.51. The zero-order chi connectivity index (χ0) is 21.4. The summed E-state index contributed by atoms with van der Waals surface area (Å²) in [5, 5.41) is 8.00. The van der Waals surface area contributed by atoms with Crippen LogP contribution in [0.4, 0.5) is 13.2 Å². The van der Waals surface area contributed by atoms with Crippen LogP contribution in [-0.4, -0.2) is 25.7 Å². The van der Waals surface area contributed by atoms with E-state index in [9.17, 15) is 18.0 Å². The molecule has 2 aromatic heterocycles. The first-order valence-corrected chi connectivity index (χ1v) is 8.51. The highest BCUT2D eigenvalue weighted by atomic mass is 19.4. The second-order valence-electron chi connectivity index (χ2n) is 6.80. The largest absolute Gasteiger partial charge is 0.479 e. The van der Waals surface area contributed by atoms with E-state index in [1.165, 1.54) is 41.2 Å². The Morgan fingerprint density at radius 1 is 1.14 bits per heavy atom. The minimum atomic E-state index is -4.54. The summed E-state index contributed by atoms with van der Waals surface area (Å²) in [5.74, 6) is -0.245. The summed E-state index contributed by atoms with van der Waals surface area (Å²) < 4.78 is 47.5. The van der Waals surface area contributed by atoms with E-state index >= 15 is 0 Å². The highest BCUT2D eigenvalue weighted by Crippen LogP contribution is 2.37. The zero-order valence-electron chi connectivity index (χ0n) is 15.9. The van der Waals surface area contributed by atoms with Gasteiger partial charge in [-0.25, -0.2) is 0 Å². The van der Waals surface area contributed by atoms with E-state index in [4.69, 9.17) is 10.5 Å². The van der Waals surface area contributed by atoms with Crippen LogP contribution in [0.3, 0.4) is 0 Å². The molecule has 0 aliphatic carbocycles. The van der Waals surface area contributed by atoms with Crippen molar-refractivity contribution in [2.24, 2.45) is 12.8 Å². The Kier molecular flexibility index (Phi) is 5.04. The number of alkyl halides is 3. The van der Waals surface area contributed by atoms with Gasteiger partial charge in [-0.2, -0.15) is 13.2 Å². The standard InChI is InChI=1S/C19H18F3N5O2/c1-18(2,29-14-8-9-24-10-12(14)15(23)28)17-26-25-16(27(17)3)11-6-4-5-7-13(11)19(20,21)22/h4-10H,1-3H3,(H2,23,28). The van der Waals surface area contributed by atoms with Crippen LogP contribution in [0.2, 0.25) is 0 Å². The first-order chi connectivity index (χ1) is 13.5. The molecule has 2 N–H and O–H groups in total. The molecule has 152 valence electrons. The highest BCUT2D eigenvalue weighted by Gasteiger charge is 2.36. The van der Waals surface area contributed by atoms with Crippen LogP contribution >= 0.6 is 0 Å². The lowest BCUT2D eigenvalue weighted by molar-refractivity contribution is -0.137. The van der Waals surface area contributed by atoms with E-state index in [0.717, 1.165) is 6.07 Å². The van der Waals surface area contributed by atoms with Crippen LogP contribution in [0, 0.1) is 0 Å². The Morgan fingerprint density at radius 3 is 2.48 bits per heavy atom. The smallest absolute Gasteiger partial charge is 0.417 e. The third-order valence-corrected chi connectivity index (χ3v) is 4.30. The van der Waals surface area contributed by atoms with Gasteiger partial charge in [-0.15, -0.1) is 10.2 Å². The third-order valence-electron chi connectivity index (χ3n) is 4.30. The SMILES string of the molecule is Cn1c(-c2ccccc2C(F)(F)F)nnc1C(C)(C)Oc1ccncc1C(N)=O. The van der Waals surface area contributed by atoms with Crippen LogP contribution in [0.25, 0.3) is 11.4 Å². The Morgan fingerprint density at radius 2 is 1.83 bits per heavy atom. The Labute approximate surface area is 164 Å². The lowest BCUT2D eigenvalue weighted by Gasteiger charge is -2.26.